The molecule has 1 aliphatic heterocycles. The average molecular weight is 387 g/mol. The number of hydrogen-bond acceptors (Lipinski definition) is 6. The molecule has 0 bridgehead atoms. The van der Waals surface area contributed by atoms with Gasteiger partial charge < -0.3 is 5.11 Å². The summed E-state index contributed by atoms with van der Waals surface area (Å²) in [6, 6.07) is 3.38. The molecule has 130 valence electrons. The van der Waals surface area contributed by atoms with Gasteiger partial charge in [-0.05, 0) is 36.4 Å². The topological polar surface area (TPSA) is 86.7 Å². The van der Waals surface area contributed by atoms with Crippen molar-refractivity contribution < 1.29 is 18.3 Å². The highest BCUT2D eigenvalue weighted by Gasteiger charge is 2.24. The third-order valence-electron chi connectivity index (χ3n) is 4.13. The summed E-state index contributed by atoms with van der Waals surface area (Å²) in [4.78, 5) is 14.6. The van der Waals surface area contributed by atoms with Gasteiger partial charge in [0.05, 0.1) is 4.90 Å². The van der Waals surface area contributed by atoms with E-state index < -0.39 is 16.0 Å². The van der Waals surface area contributed by atoms with Crippen molar-refractivity contribution in [2.24, 2.45) is 0 Å². The summed E-state index contributed by atoms with van der Waals surface area (Å²) in [5.74, 6) is -1.12. The SMILES string of the molecule is CC(CNS(=O)(=O)c1csc(C(=O)O)c1)N1CCc2sccc2C1. The van der Waals surface area contributed by atoms with Gasteiger partial charge in [0.1, 0.15) is 4.88 Å². The number of thiophene rings is 2. The Kier molecular flexibility index (Phi) is 5.07. The van der Waals surface area contributed by atoms with Gasteiger partial charge in [-0.15, -0.1) is 22.7 Å². The molecule has 0 amide bonds. The van der Waals surface area contributed by atoms with Gasteiger partial charge in [0.2, 0.25) is 10.0 Å². The molecular weight excluding hydrogens is 368 g/mol. The van der Waals surface area contributed by atoms with E-state index in [1.807, 2.05) is 6.92 Å². The van der Waals surface area contributed by atoms with Crippen molar-refractivity contribution in [2.75, 3.05) is 13.1 Å². The molecule has 0 radical (unpaired) electrons. The minimum absolute atomic E-state index is 0.0101. The van der Waals surface area contributed by atoms with Crippen molar-refractivity contribution >= 4 is 38.7 Å². The number of sulfonamides is 1. The molecule has 6 nitrogen and oxygen atoms in total. The maximum Gasteiger partial charge on any atom is 0.345 e. The van der Waals surface area contributed by atoms with Crippen molar-refractivity contribution in [3.05, 3.63) is 38.2 Å². The summed E-state index contributed by atoms with van der Waals surface area (Å²) in [5, 5.41) is 12.4. The van der Waals surface area contributed by atoms with E-state index in [1.54, 1.807) is 11.3 Å². The molecule has 0 aliphatic carbocycles. The molecule has 0 aromatic carbocycles. The number of nitrogens with zero attached hydrogens (tertiary/aromatic N) is 1. The first kappa shape index (κ1) is 17.6. The standard InChI is InChI=1S/C15H18N2O4S3/c1-10(17-4-2-13-11(8-17)3-5-22-13)7-16-24(20,21)12-6-14(15(18)19)23-9-12/h3,5-6,9-10,16H,2,4,7-8H2,1H3,(H,18,19). The number of carboxylic acid groups (broad SMARTS) is 1. The Morgan fingerprint density at radius 1 is 1.46 bits per heavy atom. The Labute approximate surface area is 148 Å². The number of hydrogen-bond donors (Lipinski definition) is 2. The van der Waals surface area contributed by atoms with Gasteiger partial charge in [0, 0.05) is 35.9 Å². The lowest BCUT2D eigenvalue weighted by Crippen LogP contribution is -2.44. The van der Waals surface area contributed by atoms with Gasteiger partial charge in [0.25, 0.3) is 0 Å². The smallest absolute Gasteiger partial charge is 0.345 e. The highest BCUT2D eigenvalue weighted by atomic mass is 32.2. The lowest BCUT2D eigenvalue weighted by Gasteiger charge is -2.32. The number of carbonyl (C=O) groups is 1. The Balaban J connectivity index is 1.61. The zero-order valence-corrected chi connectivity index (χ0v) is 15.5. The van der Waals surface area contributed by atoms with Gasteiger partial charge in [-0.25, -0.2) is 17.9 Å². The summed E-state index contributed by atoms with van der Waals surface area (Å²) in [7, 11) is -3.68. The fourth-order valence-electron chi connectivity index (χ4n) is 2.66. The zero-order valence-electron chi connectivity index (χ0n) is 13.1. The van der Waals surface area contributed by atoms with Crippen molar-refractivity contribution in [3.8, 4) is 0 Å². The van der Waals surface area contributed by atoms with Crippen LogP contribution < -0.4 is 4.72 Å². The highest BCUT2D eigenvalue weighted by Crippen LogP contribution is 2.25. The maximum atomic E-state index is 12.3. The van der Waals surface area contributed by atoms with Crippen LogP contribution in [0.4, 0.5) is 0 Å². The Hall–Kier alpha value is -1.26. The van der Waals surface area contributed by atoms with E-state index in [1.165, 1.54) is 21.9 Å². The zero-order chi connectivity index (χ0) is 17.3. The summed E-state index contributed by atoms with van der Waals surface area (Å²) in [6.45, 7) is 4.04. The fraction of sp³-hybridized carbons (Fsp3) is 0.400. The predicted molar refractivity (Wildman–Crippen MR) is 94.4 cm³/mol. The van der Waals surface area contributed by atoms with E-state index in [2.05, 4.69) is 21.1 Å². The fourth-order valence-corrected chi connectivity index (χ4v) is 5.78. The summed E-state index contributed by atoms with van der Waals surface area (Å²) < 4.78 is 27.2. The maximum absolute atomic E-state index is 12.3. The molecule has 3 heterocycles. The lowest BCUT2D eigenvalue weighted by molar-refractivity contribution is 0.0702. The van der Waals surface area contributed by atoms with Crippen LogP contribution in [0, 0.1) is 0 Å². The van der Waals surface area contributed by atoms with E-state index in [4.69, 9.17) is 5.11 Å². The van der Waals surface area contributed by atoms with E-state index in [0.717, 1.165) is 30.8 Å². The summed E-state index contributed by atoms with van der Waals surface area (Å²) in [6.07, 6.45) is 0.997. The van der Waals surface area contributed by atoms with Crippen LogP contribution in [-0.2, 0) is 23.0 Å². The van der Waals surface area contributed by atoms with Crippen LogP contribution in [0.25, 0.3) is 0 Å². The van der Waals surface area contributed by atoms with Crippen molar-refractivity contribution in [3.63, 3.8) is 0 Å². The third kappa shape index (κ3) is 3.70. The molecule has 0 fully saturated rings. The molecule has 0 saturated heterocycles. The van der Waals surface area contributed by atoms with Gasteiger partial charge in [-0.3, -0.25) is 4.90 Å². The number of rotatable bonds is 6. The van der Waals surface area contributed by atoms with E-state index >= 15 is 0 Å². The number of nitrogens with one attached hydrogen (secondary N) is 1. The first-order valence-electron chi connectivity index (χ1n) is 7.47. The second kappa shape index (κ2) is 6.93. The monoisotopic (exact) mass is 386 g/mol. The normalized spacial score (nSPS) is 16.7. The van der Waals surface area contributed by atoms with E-state index in [-0.39, 0.29) is 15.8 Å². The molecule has 2 N–H and O–H groups in total. The van der Waals surface area contributed by atoms with Gasteiger partial charge in [0.15, 0.2) is 0 Å². The minimum atomic E-state index is -3.68. The van der Waals surface area contributed by atoms with Crippen molar-refractivity contribution in [2.45, 2.75) is 30.8 Å². The summed E-state index contributed by atoms with van der Waals surface area (Å²) >= 11 is 2.69. The Morgan fingerprint density at radius 2 is 2.25 bits per heavy atom. The molecule has 2 aromatic heterocycles. The quantitative estimate of drug-likeness (QED) is 0.795. The predicted octanol–water partition coefficient (Wildman–Crippen LogP) is 2.23. The second-order valence-corrected chi connectivity index (χ2v) is 9.42. The highest BCUT2D eigenvalue weighted by molar-refractivity contribution is 7.89. The minimum Gasteiger partial charge on any atom is -0.477 e. The first-order valence-corrected chi connectivity index (χ1v) is 10.7. The Morgan fingerprint density at radius 3 is 2.96 bits per heavy atom. The third-order valence-corrected chi connectivity index (χ3v) is 7.62. The van der Waals surface area contributed by atoms with Crippen LogP contribution in [0.1, 0.15) is 27.0 Å². The molecule has 24 heavy (non-hydrogen) atoms. The molecule has 1 aliphatic rings. The van der Waals surface area contributed by atoms with Crippen LogP contribution in [0.15, 0.2) is 27.8 Å². The summed E-state index contributed by atoms with van der Waals surface area (Å²) in [5.41, 5.74) is 1.32. The van der Waals surface area contributed by atoms with Crippen LogP contribution in [0.2, 0.25) is 0 Å². The number of aromatic carboxylic acids is 1. The van der Waals surface area contributed by atoms with Gasteiger partial charge in [-0.1, -0.05) is 0 Å². The van der Waals surface area contributed by atoms with Crippen LogP contribution in [-0.4, -0.2) is 43.5 Å². The molecular formula is C15H18N2O4S3. The second-order valence-electron chi connectivity index (χ2n) is 5.74. The van der Waals surface area contributed by atoms with Crippen LogP contribution in [0.5, 0.6) is 0 Å². The molecule has 0 saturated carbocycles. The van der Waals surface area contributed by atoms with Crippen LogP contribution in [0.3, 0.4) is 0 Å². The van der Waals surface area contributed by atoms with Gasteiger partial charge in [-0.2, -0.15) is 0 Å². The first-order chi connectivity index (χ1) is 11.4. The molecule has 3 rings (SSSR count). The van der Waals surface area contributed by atoms with Crippen molar-refractivity contribution in [1.29, 1.82) is 0 Å². The van der Waals surface area contributed by atoms with E-state index in [9.17, 15) is 13.2 Å². The number of fused-ring (bicyclic) bond motifs is 1. The molecule has 9 heteroatoms. The molecule has 2 aromatic rings. The molecule has 1 unspecified atom stereocenters. The van der Waals surface area contributed by atoms with Crippen molar-refractivity contribution in [1.82, 2.24) is 9.62 Å². The molecule has 0 spiro atoms. The largest absolute Gasteiger partial charge is 0.477 e. The lowest BCUT2D eigenvalue weighted by atomic mass is 10.1. The number of carboxylic acids is 1. The molecule has 1 atom stereocenters. The average Bonchev–Trinajstić information content (AvgIpc) is 3.21. The van der Waals surface area contributed by atoms with E-state index in [0.29, 0.717) is 6.54 Å². The van der Waals surface area contributed by atoms with Crippen LogP contribution >= 0.6 is 22.7 Å². The Bertz CT molecular complexity index is 841. The van der Waals surface area contributed by atoms with Gasteiger partial charge >= 0.3 is 5.97 Å².